The number of hydrogen-bond acceptors (Lipinski definition) is 3. The first-order valence-electron chi connectivity index (χ1n) is 3.39. The van der Waals surface area contributed by atoms with Crippen molar-refractivity contribution in [1.82, 2.24) is 4.90 Å². The van der Waals surface area contributed by atoms with Crippen LogP contribution >= 0.6 is 0 Å². The summed E-state index contributed by atoms with van der Waals surface area (Å²) in [7, 11) is 0. The van der Waals surface area contributed by atoms with Gasteiger partial charge in [0, 0.05) is 0 Å². The summed E-state index contributed by atoms with van der Waals surface area (Å²) in [5, 5.41) is 9.10. The normalized spacial score (nSPS) is 38.1. The Bertz CT molecular complexity index is 170. The van der Waals surface area contributed by atoms with E-state index in [1.165, 1.54) is 0 Å². The van der Waals surface area contributed by atoms with Gasteiger partial charge in [-0.15, -0.1) is 0 Å². The van der Waals surface area contributed by atoms with Crippen LogP contribution in [0.2, 0.25) is 0 Å². The van der Waals surface area contributed by atoms with Gasteiger partial charge in [-0.3, -0.25) is 4.90 Å². The van der Waals surface area contributed by atoms with Crippen LogP contribution in [0, 0.1) is 0 Å². The Balaban J connectivity index is 2.12. The molecular formula is C6H9NO3. The van der Waals surface area contributed by atoms with Gasteiger partial charge in [0.25, 0.3) is 0 Å². The average Bonchev–Trinajstić information content (AvgIpc) is 2.35. The van der Waals surface area contributed by atoms with Crippen LogP contribution < -0.4 is 0 Å². The molecule has 0 saturated carbocycles. The van der Waals surface area contributed by atoms with Gasteiger partial charge >= 0.3 is 6.09 Å². The summed E-state index contributed by atoms with van der Waals surface area (Å²) in [6, 6.07) is 0.141. The number of carbonyl (C=O) groups is 1. The molecule has 0 aliphatic carbocycles. The molecule has 1 N–H and O–H groups in total. The van der Waals surface area contributed by atoms with Gasteiger partial charge in [0.05, 0.1) is 18.7 Å². The minimum atomic E-state index is -0.335. The van der Waals surface area contributed by atoms with Crippen molar-refractivity contribution in [2.45, 2.75) is 18.6 Å². The summed E-state index contributed by atoms with van der Waals surface area (Å²) < 4.78 is 4.74. The molecule has 2 rings (SSSR count). The first kappa shape index (κ1) is 5.97. The lowest BCUT2D eigenvalue weighted by Gasteiger charge is -2.08. The topological polar surface area (TPSA) is 49.8 Å². The Labute approximate surface area is 58.4 Å². The molecule has 2 aliphatic rings. The van der Waals surface area contributed by atoms with Crippen LogP contribution in [0.5, 0.6) is 0 Å². The van der Waals surface area contributed by atoms with Gasteiger partial charge in [-0.2, -0.15) is 0 Å². The Morgan fingerprint density at radius 3 is 3.20 bits per heavy atom. The van der Waals surface area contributed by atoms with E-state index >= 15 is 0 Å². The molecule has 0 radical (unpaired) electrons. The summed E-state index contributed by atoms with van der Waals surface area (Å²) in [6.45, 7) is 0.902. The largest absolute Gasteiger partial charge is 0.447 e. The lowest BCUT2D eigenvalue weighted by molar-refractivity contribution is 0.136. The average molecular weight is 143 g/mol. The molecule has 2 unspecified atom stereocenters. The lowest BCUT2D eigenvalue weighted by Crippen LogP contribution is -2.27. The third-order valence-corrected chi connectivity index (χ3v) is 2.03. The van der Waals surface area contributed by atoms with Crippen molar-refractivity contribution in [1.29, 1.82) is 0 Å². The predicted molar refractivity (Wildman–Crippen MR) is 32.5 cm³/mol. The monoisotopic (exact) mass is 143 g/mol. The molecule has 0 spiro atoms. The number of aliphatic hydroxyl groups excluding tert-OH is 1. The van der Waals surface area contributed by atoms with Crippen molar-refractivity contribution in [2.75, 3.05) is 13.2 Å². The summed E-state index contributed by atoms with van der Waals surface area (Å²) in [5.74, 6) is 0. The number of ether oxygens (including phenoxy) is 1. The van der Waals surface area contributed by atoms with E-state index in [2.05, 4.69) is 0 Å². The highest BCUT2D eigenvalue weighted by Gasteiger charge is 2.40. The number of hydrogen-bond donors (Lipinski definition) is 1. The number of nitrogens with zero attached hydrogens (tertiary/aromatic N) is 1. The van der Waals surface area contributed by atoms with Crippen LogP contribution in [0.4, 0.5) is 4.79 Å². The SMILES string of the molecule is O=C1OCC2CC(O)CN12. The van der Waals surface area contributed by atoms with Crippen molar-refractivity contribution < 1.29 is 14.6 Å². The highest BCUT2D eigenvalue weighted by Crippen LogP contribution is 2.23. The molecule has 0 aromatic rings. The zero-order valence-corrected chi connectivity index (χ0v) is 5.49. The summed E-state index contributed by atoms with van der Waals surface area (Å²) in [6.07, 6.45) is 0.0607. The Morgan fingerprint density at radius 2 is 2.50 bits per heavy atom. The van der Waals surface area contributed by atoms with E-state index in [1.54, 1.807) is 4.90 Å². The predicted octanol–water partition coefficient (Wildman–Crippen LogP) is -0.428. The molecule has 10 heavy (non-hydrogen) atoms. The van der Waals surface area contributed by atoms with Crippen LogP contribution in [0.1, 0.15) is 6.42 Å². The molecule has 0 aromatic heterocycles. The fraction of sp³-hybridized carbons (Fsp3) is 0.833. The molecular weight excluding hydrogens is 134 g/mol. The molecule has 1 amide bonds. The number of carbonyl (C=O) groups excluding carboxylic acids is 1. The minimum absolute atomic E-state index is 0.141. The fourth-order valence-electron chi connectivity index (χ4n) is 1.52. The maximum atomic E-state index is 10.8. The molecule has 56 valence electrons. The van der Waals surface area contributed by atoms with Crippen molar-refractivity contribution in [3.8, 4) is 0 Å². The van der Waals surface area contributed by atoms with Crippen molar-refractivity contribution in [2.24, 2.45) is 0 Å². The van der Waals surface area contributed by atoms with E-state index in [1.807, 2.05) is 0 Å². The van der Waals surface area contributed by atoms with Gasteiger partial charge < -0.3 is 9.84 Å². The van der Waals surface area contributed by atoms with E-state index in [-0.39, 0.29) is 18.2 Å². The van der Waals surface area contributed by atoms with Gasteiger partial charge in [0.15, 0.2) is 0 Å². The third-order valence-electron chi connectivity index (χ3n) is 2.03. The number of amides is 1. The number of aliphatic hydroxyl groups is 1. The maximum absolute atomic E-state index is 10.8. The minimum Gasteiger partial charge on any atom is -0.447 e. The standard InChI is InChI=1S/C6H9NO3/c8-5-1-4-3-10-6(9)7(4)2-5/h4-5,8H,1-3H2. The molecule has 4 heteroatoms. The first-order chi connectivity index (χ1) is 4.77. The maximum Gasteiger partial charge on any atom is 0.410 e. The smallest absolute Gasteiger partial charge is 0.410 e. The van der Waals surface area contributed by atoms with Crippen LogP contribution in [-0.2, 0) is 4.74 Å². The first-order valence-corrected chi connectivity index (χ1v) is 3.39. The zero-order valence-electron chi connectivity index (χ0n) is 5.49. The fourth-order valence-corrected chi connectivity index (χ4v) is 1.52. The van der Waals surface area contributed by atoms with E-state index in [0.717, 1.165) is 0 Å². The molecule has 0 aromatic carbocycles. The van der Waals surface area contributed by atoms with Crippen LogP contribution in [0.25, 0.3) is 0 Å². The molecule has 0 bridgehead atoms. The Kier molecular flexibility index (Phi) is 1.11. The third kappa shape index (κ3) is 0.686. The summed E-state index contributed by atoms with van der Waals surface area (Å²) in [4.78, 5) is 12.4. The van der Waals surface area contributed by atoms with Gasteiger partial charge in [-0.1, -0.05) is 0 Å². The number of cyclic esters (lactones) is 1. The molecule has 2 aliphatic heterocycles. The zero-order chi connectivity index (χ0) is 7.14. The molecule has 2 fully saturated rings. The highest BCUT2D eigenvalue weighted by molar-refractivity contribution is 5.70. The second-order valence-corrected chi connectivity index (χ2v) is 2.77. The van der Waals surface area contributed by atoms with Crippen molar-refractivity contribution in [3.63, 3.8) is 0 Å². The molecule has 2 heterocycles. The van der Waals surface area contributed by atoms with Crippen molar-refractivity contribution >= 4 is 6.09 Å². The van der Waals surface area contributed by atoms with Crippen molar-refractivity contribution in [3.05, 3.63) is 0 Å². The van der Waals surface area contributed by atoms with E-state index < -0.39 is 0 Å². The van der Waals surface area contributed by atoms with Crippen LogP contribution in [0.3, 0.4) is 0 Å². The Morgan fingerprint density at radius 1 is 1.70 bits per heavy atom. The lowest BCUT2D eigenvalue weighted by atomic mass is 10.2. The number of rotatable bonds is 0. The van der Waals surface area contributed by atoms with Gasteiger partial charge in [0.2, 0.25) is 0 Å². The van der Waals surface area contributed by atoms with Gasteiger partial charge in [-0.05, 0) is 6.42 Å². The second kappa shape index (κ2) is 1.85. The molecule has 2 atom stereocenters. The Hall–Kier alpha value is -0.770. The second-order valence-electron chi connectivity index (χ2n) is 2.77. The summed E-state index contributed by atoms with van der Waals surface area (Å²) >= 11 is 0. The van der Waals surface area contributed by atoms with Gasteiger partial charge in [-0.25, -0.2) is 4.79 Å². The van der Waals surface area contributed by atoms with Crippen LogP contribution in [-0.4, -0.2) is 41.4 Å². The van der Waals surface area contributed by atoms with Gasteiger partial charge in [0.1, 0.15) is 6.61 Å². The van der Waals surface area contributed by atoms with E-state index in [4.69, 9.17) is 9.84 Å². The van der Waals surface area contributed by atoms with E-state index in [0.29, 0.717) is 19.6 Å². The molecule has 2 saturated heterocycles. The number of fused-ring (bicyclic) bond motifs is 1. The van der Waals surface area contributed by atoms with E-state index in [9.17, 15) is 4.79 Å². The van der Waals surface area contributed by atoms with Crippen LogP contribution in [0.15, 0.2) is 0 Å². The highest BCUT2D eigenvalue weighted by atomic mass is 16.6. The molecule has 4 nitrogen and oxygen atoms in total. The quantitative estimate of drug-likeness (QED) is 0.500. The summed E-state index contributed by atoms with van der Waals surface area (Å²) in [5.41, 5.74) is 0.